The van der Waals surface area contributed by atoms with Crippen LogP contribution >= 0.6 is 0 Å². The van der Waals surface area contributed by atoms with E-state index < -0.39 is 5.41 Å². The third kappa shape index (κ3) is 5.39. The van der Waals surface area contributed by atoms with Gasteiger partial charge in [0.1, 0.15) is 0 Å². The summed E-state index contributed by atoms with van der Waals surface area (Å²) in [6.45, 7) is 0. The maximum Gasteiger partial charge on any atom is 0.0714 e. The number of rotatable bonds is 7. The molecule has 0 aliphatic heterocycles. The molecule has 1 heteroatoms. The summed E-state index contributed by atoms with van der Waals surface area (Å²) in [5.74, 6) is 0. The van der Waals surface area contributed by atoms with Crippen LogP contribution in [0, 0.1) is 0 Å². The standard InChI is InChI=1S/C57H39N/c1-4-20-46(21-5-1)57(47-22-6-2-7-23-47)53-28-15-14-27-51(53)56-54(57)29-16-30-55(56)58(48-24-8-3-9-25-48)49-35-33-41(34-36-49)52-39-45(38-44-19-12-13-26-50(44)52)43-32-31-40-17-10-11-18-42(40)37-43/h1-39H. The van der Waals surface area contributed by atoms with Gasteiger partial charge >= 0.3 is 0 Å². The van der Waals surface area contributed by atoms with E-state index >= 15 is 0 Å². The molecule has 0 aromatic heterocycles. The molecule has 11 rings (SSSR count). The normalized spacial score (nSPS) is 12.6. The van der Waals surface area contributed by atoms with Crippen LogP contribution in [-0.4, -0.2) is 0 Å². The minimum absolute atomic E-state index is 0.478. The molecule has 0 amide bonds. The molecule has 10 aromatic rings. The van der Waals surface area contributed by atoms with E-state index in [4.69, 9.17) is 0 Å². The van der Waals surface area contributed by atoms with Gasteiger partial charge < -0.3 is 4.90 Å². The summed E-state index contributed by atoms with van der Waals surface area (Å²) in [6, 6.07) is 86.8. The minimum Gasteiger partial charge on any atom is -0.310 e. The zero-order valence-corrected chi connectivity index (χ0v) is 32.0. The first-order chi connectivity index (χ1) is 28.8. The summed E-state index contributed by atoms with van der Waals surface area (Å²) >= 11 is 0. The Kier molecular flexibility index (Phi) is 8.12. The number of hydrogen-bond acceptors (Lipinski definition) is 1. The van der Waals surface area contributed by atoms with Crippen molar-refractivity contribution in [2.24, 2.45) is 0 Å². The lowest BCUT2D eigenvalue weighted by Gasteiger charge is -2.34. The zero-order chi connectivity index (χ0) is 38.5. The molecule has 0 unspecified atom stereocenters. The first kappa shape index (κ1) is 33.8. The van der Waals surface area contributed by atoms with Crippen molar-refractivity contribution in [2.75, 3.05) is 4.90 Å². The summed E-state index contributed by atoms with van der Waals surface area (Å²) in [4.78, 5) is 2.44. The molecule has 272 valence electrons. The maximum atomic E-state index is 2.44. The largest absolute Gasteiger partial charge is 0.310 e. The smallest absolute Gasteiger partial charge is 0.0714 e. The summed E-state index contributed by atoms with van der Waals surface area (Å²) in [7, 11) is 0. The van der Waals surface area contributed by atoms with E-state index in [0.29, 0.717) is 0 Å². The average molecular weight is 738 g/mol. The molecule has 0 atom stereocenters. The van der Waals surface area contributed by atoms with Crippen LogP contribution in [0.25, 0.3) is 54.9 Å². The van der Waals surface area contributed by atoms with Crippen molar-refractivity contribution < 1.29 is 0 Å². The van der Waals surface area contributed by atoms with Crippen LogP contribution in [-0.2, 0) is 5.41 Å². The predicted octanol–water partition coefficient (Wildman–Crippen LogP) is 15.2. The molecule has 10 aromatic carbocycles. The second kappa shape index (κ2) is 13.9. The third-order valence-corrected chi connectivity index (χ3v) is 12.1. The van der Waals surface area contributed by atoms with Gasteiger partial charge in [-0.25, -0.2) is 0 Å². The summed E-state index contributed by atoms with van der Waals surface area (Å²) < 4.78 is 0. The molecule has 0 saturated heterocycles. The summed E-state index contributed by atoms with van der Waals surface area (Å²) in [6.07, 6.45) is 0. The number of nitrogens with zero attached hydrogens (tertiary/aromatic N) is 1. The van der Waals surface area contributed by atoms with Gasteiger partial charge in [-0.2, -0.15) is 0 Å². The minimum atomic E-state index is -0.478. The van der Waals surface area contributed by atoms with E-state index in [9.17, 15) is 0 Å². The van der Waals surface area contributed by atoms with Crippen molar-refractivity contribution in [1.29, 1.82) is 0 Å². The van der Waals surface area contributed by atoms with Crippen molar-refractivity contribution in [3.63, 3.8) is 0 Å². The second-order valence-corrected chi connectivity index (χ2v) is 15.3. The van der Waals surface area contributed by atoms with E-state index in [0.717, 1.165) is 17.1 Å². The third-order valence-electron chi connectivity index (χ3n) is 12.1. The van der Waals surface area contributed by atoms with Crippen molar-refractivity contribution in [3.05, 3.63) is 259 Å². The Bertz CT molecular complexity index is 3050. The fourth-order valence-corrected chi connectivity index (χ4v) is 9.54. The lowest BCUT2D eigenvalue weighted by molar-refractivity contribution is 0.768. The van der Waals surface area contributed by atoms with E-state index in [2.05, 4.69) is 241 Å². The van der Waals surface area contributed by atoms with Gasteiger partial charge in [0, 0.05) is 16.9 Å². The van der Waals surface area contributed by atoms with Gasteiger partial charge in [-0.1, -0.05) is 188 Å². The highest BCUT2D eigenvalue weighted by Crippen LogP contribution is 2.59. The first-order valence-corrected chi connectivity index (χ1v) is 20.1. The Hall–Kier alpha value is -7.48. The molecule has 0 bridgehead atoms. The van der Waals surface area contributed by atoms with Crippen molar-refractivity contribution in [3.8, 4) is 33.4 Å². The number of hydrogen-bond donors (Lipinski definition) is 0. The highest BCUT2D eigenvalue weighted by atomic mass is 15.1. The Balaban J connectivity index is 1.09. The summed E-state index contributed by atoms with van der Waals surface area (Å²) in [5, 5.41) is 4.98. The molecule has 1 nitrogen and oxygen atoms in total. The van der Waals surface area contributed by atoms with E-state index in [1.807, 2.05) is 0 Å². The van der Waals surface area contributed by atoms with Crippen LogP contribution in [0.15, 0.2) is 237 Å². The van der Waals surface area contributed by atoms with E-state index in [-0.39, 0.29) is 0 Å². The molecular weight excluding hydrogens is 699 g/mol. The Morgan fingerprint density at radius 1 is 0.310 bits per heavy atom. The van der Waals surface area contributed by atoms with Gasteiger partial charge in [0.15, 0.2) is 0 Å². The zero-order valence-electron chi connectivity index (χ0n) is 32.0. The Morgan fingerprint density at radius 3 is 1.60 bits per heavy atom. The van der Waals surface area contributed by atoms with Gasteiger partial charge in [-0.3, -0.25) is 0 Å². The molecule has 0 radical (unpaired) electrons. The first-order valence-electron chi connectivity index (χ1n) is 20.1. The fourth-order valence-electron chi connectivity index (χ4n) is 9.54. The molecule has 0 fully saturated rings. The number of para-hydroxylation sites is 1. The van der Waals surface area contributed by atoms with Crippen LogP contribution in [0.1, 0.15) is 22.3 Å². The van der Waals surface area contributed by atoms with E-state index in [1.165, 1.54) is 77.2 Å². The highest BCUT2D eigenvalue weighted by Gasteiger charge is 2.47. The quantitative estimate of drug-likeness (QED) is 0.157. The van der Waals surface area contributed by atoms with Crippen LogP contribution in [0.5, 0.6) is 0 Å². The number of anilines is 3. The van der Waals surface area contributed by atoms with Crippen LogP contribution in [0.3, 0.4) is 0 Å². The summed E-state index contributed by atoms with van der Waals surface area (Å²) in [5.41, 5.74) is 15.4. The fraction of sp³-hybridized carbons (Fsp3) is 0.0175. The molecular formula is C57H39N. The number of fused-ring (bicyclic) bond motifs is 5. The van der Waals surface area contributed by atoms with Gasteiger partial charge in [-0.15, -0.1) is 0 Å². The highest BCUT2D eigenvalue weighted by molar-refractivity contribution is 6.02. The topological polar surface area (TPSA) is 3.24 Å². The molecule has 0 saturated carbocycles. The van der Waals surface area contributed by atoms with Gasteiger partial charge in [0.2, 0.25) is 0 Å². The van der Waals surface area contributed by atoms with Crippen molar-refractivity contribution in [2.45, 2.75) is 5.41 Å². The lowest BCUT2D eigenvalue weighted by Crippen LogP contribution is -2.28. The van der Waals surface area contributed by atoms with Gasteiger partial charge in [-0.05, 0) is 120 Å². The van der Waals surface area contributed by atoms with E-state index in [1.54, 1.807) is 0 Å². The Labute approximate surface area is 339 Å². The van der Waals surface area contributed by atoms with Crippen LogP contribution in [0.4, 0.5) is 17.1 Å². The predicted molar refractivity (Wildman–Crippen MR) is 244 cm³/mol. The lowest BCUT2D eigenvalue weighted by atomic mass is 9.68. The van der Waals surface area contributed by atoms with Crippen LogP contribution in [0.2, 0.25) is 0 Å². The monoisotopic (exact) mass is 737 g/mol. The molecule has 1 aliphatic rings. The second-order valence-electron chi connectivity index (χ2n) is 15.3. The number of benzene rings is 10. The molecule has 1 aliphatic carbocycles. The average Bonchev–Trinajstić information content (AvgIpc) is 3.61. The molecule has 0 heterocycles. The molecule has 0 spiro atoms. The van der Waals surface area contributed by atoms with Crippen molar-refractivity contribution >= 4 is 38.6 Å². The van der Waals surface area contributed by atoms with Crippen LogP contribution < -0.4 is 4.90 Å². The van der Waals surface area contributed by atoms with Gasteiger partial charge in [0.25, 0.3) is 0 Å². The SMILES string of the molecule is c1ccc(N(c2ccc(-c3cc(-c4ccc5ccccc5c4)cc4ccccc34)cc2)c2cccc3c2-c2ccccc2C3(c2ccccc2)c2ccccc2)cc1. The Morgan fingerprint density at radius 2 is 0.862 bits per heavy atom. The van der Waals surface area contributed by atoms with Crippen molar-refractivity contribution in [1.82, 2.24) is 0 Å². The molecule has 0 N–H and O–H groups in total. The maximum absolute atomic E-state index is 2.44. The van der Waals surface area contributed by atoms with Gasteiger partial charge in [0.05, 0.1) is 11.1 Å². The molecule has 58 heavy (non-hydrogen) atoms.